The summed E-state index contributed by atoms with van der Waals surface area (Å²) in [5, 5.41) is 0. The van der Waals surface area contributed by atoms with Gasteiger partial charge in [0.2, 0.25) is 5.91 Å². The van der Waals surface area contributed by atoms with E-state index in [4.69, 9.17) is 11.5 Å². The summed E-state index contributed by atoms with van der Waals surface area (Å²) in [7, 11) is 0. The van der Waals surface area contributed by atoms with E-state index in [1.807, 2.05) is 24.3 Å². The summed E-state index contributed by atoms with van der Waals surface area (Å²) in [4.78, 5) is 22.7. The molecule has 3 aromatic rings. The Labute approximate surface area is 162 Å². The minimum absolute atomic E-state index is 0.245. The lowest BCUT2D eigenvalue weighted by atomic mass is 10.0. The van der Waals surface area contributed by atoms with Crippen molar-refractivity contribution in [3.8, 4) is 11.3 Å². The molecule has 0 saturated carbocycles. The predicted octanol–water partition coefficient (Wildman–Crippen LogP) is 2.03. The normalized spacial score (nSPS) is 16.7. The molecule has 4 N–H and O–H groups in total. The van der Waals surface area contributed by atoms with Gasteiger partial charge >= 0.3 is 0 Å². The SMILES string of the molecule is NC1Cc2cc(-c3ccncn3)ccc2N1C(=O)[C@@H](N)Cc1ccc(F)cc1. The monoisotopic (exact) mass is 377 g/mol. The standard InChI is InChI=1S/C21H20FN5O/c22-16-4-1-13(2-5-16)9-17(23)21(28)27-19-6-3-14(10-15(19)11-20(27)24)18-7-8-25-12-26-18/h1-8,10,12,17,20H,9,11,23-24H2/t17-,20?/m0/s1. The molecule has 6 nitrogen and oxygen atoms in total. The number of nitrogens with zero attached hydrogens (tertiary/aromatic N) is 3. The molecule has 2 aromatic carbocycles. The number of hydrogen-bond donors (Lipinski definition) is 2. The Morgan fingerprint density at radius 2 is 2.00 bits per heavy atom. The summed E-state index contributed by atoms with van der Waals surface area (Å²) in [5.74, 6) is -0.566. The van der Waals surface area contributed by atoms with Gasteiger partial charge in [0.15, 0.2) is 0 Å². The highest BCUT2D eigenvalue weighted by atomic mass is 19.1. The van der Waals surface area contributed by atoms with E-state index in [1.54, 1.807) is 23.2 Å². The second-order valence-electron chi connectivity index (χ2n) is 6.85. The van der Waals surface area contributed by atoms with Crippen LogP contribution in [0, 0.1) is 5.82 Å². The van der Waals surface area contributed by atoms with E-state index in [0.717, 1.165) is 28.1 Å². The van der Waals surface area contributed by atoms with Crippen LogP contribution in [0.4, 0.5) is 10.1 Å². The van der Waals surface area contributed by atoms with E-state index in [0.29, 0.717) is 12.8 Å². The largest absolute Gasteiger partial charge is 0.320 e. The van der Waals surface area contributed by atoms with Crippen molar-refractivity contribution in [2.75, 3.05) is 4.90 Å². The van der Waals surface area contributed by atoms with Crippen LogP contribution in [0.3, 0.4) is 0 Å². The molecule has 142 valence electrons. The van der Waals surface area contributed by atoms with Gasteiger partial charge in [-0.3, -0.25) is 9.69 Å². The van der Waals surface area contributed by atoms with Crippen molar-refractivity contribution in [1.82, 2.24) is 9.97 Å². The molecule has 7 heteroatoms. The van der Waals surface area contributed by atoms with Gasteiger partial charge in [-0.15, -0.1) is 0 Å². The number of aromatic nitrogens is 2. The Morgan fingerprint density at radius 3 is 2.71 bits per heavy atom. The van der Waals surface area contributed by atoms with E-state index in [1.165, 1.54) is 18.5 Å². The molecule has 28 heavy (non-hydrogen) atoms. The number of hydrogen-bond acceptors (Lipinski definition) is 5. The summed E-state index contributed by atoms with van der Waals surface area (Å²) < 4.78 is 13.1. The second-order valence-corrected chi connectivity index (χ2v) is 6.85. The number of rotatable bonds is 4. The molecule has 0 bridgehead atoms. The highest BCUT2D eigenvalue weighted by molar-refractivity contribution is 6.00. The molecule has 4 rings (SSSR count). The van der Waals surface area contributed by atoms with Gasteiger partial charge in [-0.1, -0.05) is 18.2 Å². The molecule has 1 aliphatic rings. The zero-order chi connectivity index (χ0) is 19.7. The molecule has 2 atom stereocenters. The number of carbonyl (C=O) groups is 1. The fourth-order valence-corrected chi connectivity index (χ4v) is 3.52. The molecule has 1 aromatic heterocycles. The number of carbonyl (C=O) groups excluding carboxylic acids is 1. The number of fused-ring (bicyclic) bond motifs is 1. The maximum absolute atomic E-state index is 13.1. The summed E-state index contributed by atoms with van der Waals surface area (Å²) in [6, 6.07) is 12.8. The second kappa shape index (κ2) is 7.46. The lowest BCUT2D eigenvalue weighted by molar-refractivity contribution is -0.120. The minimum Gasteiger partial charge on any atom is -0.320 e. The lowest BCUT2D eigenvalue weighted by Crippen LogP contribution is -2.51. The van der Waals surface area contributed by atoms with Crippen LogP contribution in [0.2, 0.25) is 0 Å². The van der Waals surface area contributed by atoms with E-state index in [2.05, 4.69) is 9.97 Å². The molecule has 1 amide bonds. The van der Waals surface area contributed by atoms with Gasteiger partial charge < -0.3 is 11.5 Å². The Bertz CT molecular complexity index is 993. The Morgan fingerprint density at radius 1 is 1.21 bits per heavy atom. The first-order valence-corrected chi connectivity index (χ1v) is 9.01. The van der Waals surface area contributed by atoms with Crippen molar-refractivity contribution < 1.29 is 9.18 Å². The van der Waals surface area contributed by atoms with Gasteiger partial charge in [-0.05, 0) is 47.9 Å². The predicted molar refractivity (Wildman–Crippen MR) is 105 cm³/mol. The fourth-order valence-electron chi connectivity index (χ4n) is 3.52. The lowest BCUT2D eigenvalue weighted by Gasteiger charge is -2.26. The van der Waals surface area contributed by atoms with Crippen LogP contribution in [-0.2, 0) is 17.6 Å². The first kappa shape index (κ1) is 18.2. The van der Waals surface area contributed by atoms with Gasteiger partial charge in [0, 0.05) is 23.9 Å². The molecule has 0 spiro atoms. The maximum atomic E-state index is 13.1. The number of amides is 1. The smallest absolute Gasteiger partial charge is 0.245 e. The maximum Gasteiger partial charge on any atom is 0.245 e. The summed E-state index contributed by atoms with van der Waals surface area (Å²) in [6.07, 6.45) is 3.58. The van der Waals surface area contributed by atoms with Crippen molar-refractivity contribution in [2.45, 2.75) is 25.0 Å². The highest BCUT2D eigenvalue weighted by Gasteiger charge is 2.34. The van der Waals surface area contributed by atoms with Crippen molar-refractivity contribution in [2.24, 2.45) is 11.5 Å². The van der Waals surface area contributed by atoms with Crippen molar-refractivity contribution in [3.63, 3.8) is 0 Å². The Hall–Kier alpha value is -3.16. The molecule has 1 aliphatic heterocycles. The van der Waals surface area contributed by atoms with E-state index in [-0.39, 0.29) is 11.7 Å². The fraction of sp³-hybridized carbons (Fsp3) is 0.190. The zero-order valence-electron chi connectivity index (χ0n) is 15.1. The summed E-state index contributed by atoms with van der Waals surface area (Å²) in [6.45, 7) is 0. The number of anilines is 1. The van der Waals surface area contributed by atoms with Crippen LogP contribution in [0.5, 0.6) is 0 Å². The summed E-state index contributed by atoms with van der Waals surface area (Å²) >= 11 is 0. The van der Waals surface area contributed by atoms with Crippen LogP contribution in [-0.4, -0.2) is 28.1 Å². The van der Waals surface area contributed by atoms with Crippen LogP contribution in [0.1, 0.15) is 11.1 Å². The van der Waals surface area contributed by atoms with E-state index in [9.17, 15) is 9.18 Å². The number of benzene rings is 2. The summed E-state index contributed by atoms with van der Waals surface area (Å²) in [5.41, 5.74) is 16.7. The van der Waals surface area contributed by atoms with Crippen LogP contribution in [0.25, 0.3) is 11.3 Å². The highest BCUT2D eigenvalue weighted by Crippen LogP contribution is 2.34. The quantitative estimate of drug-likeness (QED) is 0.725. The average Bonchev–Trinajstić information content (AvgIpc) is 3.04. The van der Waals surface area contributed by atoms with E-state index >= 15 is 0 Å². The van der Waals surface area contributed by atoms with Crippen LogP contribution < -0.4 is 16.4 Å². The Balaban J connectivity index is 1.56. The third kappa shape index (κ3) is 3.49. The topological polar surface area (TPSA) is 98.1 Å². The Kier molecular flexibility index (Phi) is 4.85. The molecule has 0 fully saturated rings. The van der Waals surface area contributed by atoms with Gasteiger partial charge in [0.05, 0.1) is 17.9 Å². The molecule has 0 radical (unpaired) electrons. The van der Waals surface area contributed by atoms with Crippen molar-refractivity contribution >= 4 is 11.6 Å². The molecule has 2 heterocycles. The van der Waals surface area contributed by atoms with E-state index < -0.39 is 12.2 Å². The number of halogens is 1. The minimum atomic E-state index is -0.760. The third-order valence-electron chi connectivity index (χ3n) is 4.90. The zero-order valence-corrected chi connectivity index (χ0v) is 15.1. The third-order valence-corrected chi connectivity index (χ3v) is 4.90. The van der Waals surface area contributed by atoms with Gasteiger partial charge in [-0.2, -0.15) is 0 Å². The average molecular weight is 377 g/mol. The van der Waals surface area contributed by atoms with Crippen molar-refractivity contribution in [3.05, 3.63) is 78.0 Å². The van der Waals surface area contributed by atoms with Crippen LogP contribution in [0.15, 0.2) is 61.1 Å². The first-order chi connectivity index (χ1) is 13.5. The molecule has 0 saturated heterocycles. The molecular formula is C21H20FN5O. The van der Waals surface area contributed by atoms with Gasteiger partial charge in [-0.25, -0.2) is 14.4 Å². The van der Waals surface area contributed by atoms with Gasteiger partial charge in [0.25, 0.3) is 0 Å². The molecule has 1 unspecified atom stereocenters. The molecule has 0 aliphatic carbocycles. The van der Waals surface area contributed by atoms with Crippen molar-refractivity contribution in [1.29, 1.82) is 0 Å². The number of nitrogens with two attached hydrogens (primary N) is 2. The van der Waals surface area contributed by atoms with Gasteiger partial charge in [0.1, 0.15) is 12.1 Å². The first-order valence-electron chi connectivity index (χ1n) is 9.01. The molecular weight excluding hydrogens is 357 g/mol. The van der Waals surface area contributed by atoms with Crippen LogP contribution >= 0.6 is 0 Å².